The van der Waals surface area contributed by atoms with Crippen LogP contribution in [-0.2, 0) is 33.2 Å². The molecule has 4 aliphatic rings. The van der Waals surface area contributed by atoms with Crippen molar-refractivity contribution < 1.29 is 53.4 Å². The Balaban J connectivity index is 1.20. The van der Waals surface area contributed by atoms with Crippen LogP contribution in [0.5, 0.6) is 0 Å². The SMILES string of the molecule is CC(=O)CCC(CP(=O)(O)CCC(=O)OCOC(=O)CC[C@@H](C)C1CCC2C3CC[C@@H]4C[C@H](O)CC[C@]4(C)C3C[C@H](O)[C@@]21C)C(=O)O. The van der Waals surface area contributed by atoms with Gasteiger partial charge in [0.1, 0.15) is 5.78 Å². The molecule has 0 saturated heterocycles. The van der Waals surface area contributed by atoms with Gasteiger partial charge >= 0.3 is 17.9 Å². The first-order chi connectivity index (χ1) is 22.0. The molecule has 0 heterocycles. The summed E-state index contributed by atoms with van der Waals surface area (Å²) >= 11 is 0. The number of aliphatic hydroxyl groups excluding tert-OH is 2. The molecule has 0 amide bonds. The number of carboxylic acids is 1. The molecule has 0 bridgehead atoms. The van der Waals surface area contributed by atoms with Crippen LogP contribution in [0.2, 0.25) is 0 Å². The number of aliphatic hydroxyl groups is 2. The van der Waals surface area contributed by atoms with Crippen LogP contribution >= 0.6 is 7.37 Å². The smallest absolute Gasteiger partial charge is 0.309 e. The van der Waals surface area contributed by atoms with E-state index >= 15 is 0 Å². The van der Waals surface area contributed by atoms with Gasteiger partial charge in [0, 0.05) is 25.2 Å². The Morgan fingerprint density at radius 2 is 1.57 bits per heavy atom. The maximum absolute atomic E-state index is 12.5. The number of ketones is 1. The summed E-state index contributed by atoms with van der Waals surface area (Å²) in [5.74, 6) is -1.48. The molecule has 4 fully saturated rings. The number of hydrogen-bond acceptors (Lipinski definition) is 9. The van der Waals surface area contributed by atoms with Gasteiger partial charge in [0.2, 0.25) is 14.2 Å². The Hall–Kier alpha value is -1.81. The first-order valence-electron chi connectivity index (χ1n) is 17.7. The topological polar surface area (TPSA) is 185 Å². The highest BCUT2D eigenvalue weighted by Crippen LogP contribution is 2.68. The van der Waals surface area contributed by atoms with Crippen molar-refractivity contribution in [2.45, 2.75) is 123 Å². The molecule has 4 rings (SSSR count). The molecule has 0 aromatic heterocycles. The number of carboxylic acid groups (broad SMARTS) is 1. The van der Waals surface area contributed by atoms with E-state index in [1.807, 2.05) is 0 Å². The predicted molar refractivity (Wildman–Crippen MR) is 173 cm³/mol. The minimum atomic E-state index is -3.97. The molecule has 0 spiro atoms. The van der Waals surface area contributed by atoms with Crippen LogP contribution in [0.3, 0.4) is 0 Å². The Morgan fingerprint density at radius 1 is 0.894 bits per heavy atom. The molecule has 0 aliphatic heterocycles. The zero-order chi connectivity index (χ0) is 34.7. The van der Waals surface area contributed by atoms with Crippen LogP contribution < -0.4 is 0 Å². The molecule has 4 N–H and O–H groups in total. The van der Waals surface area contributed by atoms with Crippen LogP contribution in [0.25, 0.3) is 0 Å². The van der Waals surface area contributed by atoms with Gasteiger partial charge in [-0.2, -0.15) is 0 Å². The minimum absolute atomic E-state index is 0.0145. The molecular weight excluding hydrogens is 627 g/mol. The maximum Gasteiger partial charge on any atom is 0.309 e. The third-order valence-electron chi connectivity index (χ3n) is 13.1. The van der Waals surface area contributed by atoms with E-state index in [0.717, 1.165) is 51.4 Å². The molecule has 12 atom stereocenters. The molecule has 268 valence electrons. The van der Waals surface area contributed by atoms with E-state index in [4.69, 9.17) is 9.47 Å². The van der Waals surface area contributed by atoms with E-state index < -0.39 is 62.8 Å². The van der Waals surface area contributed by atoms with Gasteiger partial charge in [-0.15, -0.1) is 0 Å². The van der Waals surface area contributed by atoms with Crippen LogP contribution in [0.4, 0.5) is 0 Å². The van der Waals surface area contributed by atoms with Crippen molar-refractivity contribution in [2.75, 3.05) is 19.1 Å². The van der Waals surface area contributed by atoms with Crippen molar-refractivity contribution in [3.05, 3.63) is 0 Å². The number of aliphatic carboxylic acids is 1. The zero-order valence-corrected chi connectivity index (χ0v) is 29.5. The first-order valence-corrected chi connectivity index (χ1v) is 19.7. The van der Waals surface area contributed by atoms with E-state index in [2.05, 4.69) is 20.8 Å². The van der Waals surface area contributed by atoms with Gasteiger partial charge in [-0.3, -0.25) is 18.9 Å². The number of hydrogen-bond donors (Lipinski definition) is 4. The van der Waals surface area contributed by atoms with Crippen molar-refractivity contribution >= 4 is 31.1 Å². The molecule has 12 heteroatoms. The van der Waals surface area contributed by atoms with Crippen molar-refractivity contribution in [3.8, 4) is 0 Å². The molecule has 4 aliphatic carbocycles. The number of carbonyl (C=O) groups is 4. The molecule has 0 aromatic rings. The van der Waals surface area contributed by atoms with Gasteiger partial charge in [0.15, 0.2) is 0 Å². The summed E-state index contributed by atoms with van der Waals surface area (Å²) in [7, 11) is -3.97. The summed E-state index contributed by atoms with van der Waals surface area (Å²) in [4.78, 5) is 57.4. The lowest BCUT2D eigenvalue weighted by Gasteiger charge is -2.62. The fourth-order valence-corrected chi connectivity index (χ4v) is 12.1. The standard InChI is InChI=1S/C35H57O11P/c1-21(5-12-31(39)45-20-46-32(40)14-16-47(43,44)19-23(33(41)42)7-6-22(2)36)27-10-11-28-26-9-8-24-17-25(37)13-15-34(24,3)29(26)18-30(38)35(27,28)4/h21,23-30,37-38H,5-20H2,1-4H3,(H,41,42)(H,43,44)/t21-,23?,24-,25-,26?,27?,28?,29?,30+,34+,35-/m1/s1. The second-order valence-corrected chi connectivity index (χ2v) is 18.3. The summed E-state index contributed by atoms with van der Waals surface area (Å²) in [5, 5.41) is 31.4. The highest BCUT2D eigenvalue weighted by molar-refractivity contribution is 7.58. The highest BCUT2D eigenvalue weighted by Gasteiger charge is 2.63. The zero-order valence-electron chi connectivity index (χ0n) is 28.6. The lowest BCUT2D eigenvalue weighted by Crippen LogP contribution is -2.58. The van der Waals surface area contributed by atoms with E-state index in [-0.39, 0.29) is 53.8 Å². The molecule has 0 aromatic carbocycles. The first kappa shape index (κ1) is 38.0. The predicted octanol–water partition coefficient (Wildman–Crippen LogP) is 5.17. The number of esters is 2. The molecular formula is C35H57O11P. The van der Waals surface area contributed by atoms with Crippen LogP contribution in [-0.4, -0.2) is 75.2 Å². The van der Waals surface area contributed by atoms with Crippen molar-refractivity contribution in [1.82, 2.24) is 0 Å². The normalized spacial score (nSPS) is 37.3. The minimum Gasteiger partial charge on any atom is -0.481 e. The van der Waals surface area contributed by atoms with Crippen LogP contribution in [0.1, 0.15) is 111 Å². The summed E-state index contributed by atoms with van der Waals surface area (Å²) in [6.45, 7) is 7.53. The number of fused-ring (bicyclic) bond motifs is 5. The van der Waals surface area contributed by atoms with E-state index in [0.29, 0.717) is 30.1 Å². The van der Waals surface area contributed by atoms with E-state index in [9.17, 15) is 44.0 Å². The fraction of sp³-hybridized carbons (Fsp3) is 0.886. The monoisotopic (exact) mass is 684 g/mol. The second-order valence-electron chi connectivity index (χ2n) is 15.8. The summed E-state index contributed by atoms with van der Waals surface area (Å²) in [6.07, 6.45) is 6.62. The summed E-state index contributed by atoms with van der Waals surface area (Å²) in [6, 6.07) is 0. The Labute approximate surface area is 279 Å². The molecule has 0 radical (unpaired) electrons. The van der Waals surface area contributed by atoms with Gasteiger partial charge in [0.05, 0.1) is 24.5 Å². The fourth-order valence-electron chi connectivity index (χ4n) is 10.4. The molecule has 11 nitrogen and oxygen atoms in total. The van der Waals surface area contributed by atoms with Crippen molar-refractivity contribution in [1.29, 1.82) is 0 Å². The van der Waals surface area contributed by atoms with E-state index in [1.54, 1.807) is 0 Å². The number of carbonyl (C=O) groups excluding carboxylic acids is 3. The molecule has 6 unspecified atom stereocenters. The Kier molecular flexibility index (Phi) is 12.4. The average Bonchev–Trinajstić information content (AvgIpc) is 3.36. The Morgan fingerprint density at radius 3 is 2.23 bits per heavy atom. The van der Waals surface area contributed by atoms with Gasteiger partial charge in [-0.05, 0) is 117 Å². The Bertz CT molecular complexity index is 1210. The van der Waals surface area contributed by atoms with E-state index in [1.165, 1.54) is 6.92 Å². The van der Waals surface area contributed by atoms with Gasteiger partial charge in [-0.1, -0.05) is 20.8 Å². The van der Waals surface area contributed by atoms with Crippen LogP contribution in [0.15, 0.2) is 0 Å². The quantitative estimate of drug-likeness (QED) is 0.101. The molecule has 47 heavy (non-hydrogen) atoms. The van der Waals surface area contributed by atoms with Gasteiger partial charge in [0.25, 0.3) is 0 Å². The van der Waals surface area contributed by atoms with Crippen molar-refractivity contribution in [2.24, 2.45) is 52.3 Å². The van der Waals surface area contributed by atoms with Crippen molar-refractivity contribution in [3.63, 3.8) is 0 Å². The summed E-state index contributed by atoms with van der Waals surface area (Å²) in [5.41, 5.74) is -0.0269. The van der Waals surface area contributed by atoms with Gasteiger partial charge < -0.3 is 34.5 Å². The lowest BCUT2D eigenvalue weighted by atomic mass is 9.43. The number of rotatable bonds is 15. The van der Waals surface area contributed by atoms with Crippen LogP contribution in [0, 0.1) is 52.3 Å². The number of Topliss-reactive ketones (excluding diaryl/α,β-unsaturated/α-hetero) is 1. The maximum atomic E-state index is 12.5. The lowest BCUT2D eigenvalue weighted by molar-refractivity contribution is -0.175. The molecule has 4 saturated carbocycles. The average molecular weight is 685 g/mol. The third-order valence-corrected chi connectivity index (χ3v) is 15.0. The third kappa shape index (κ3) is 8.68. The number of ether oxygens (including phenoxy) is 2. The van der Waals surface area contributed by atoms with Gasteiger partial charge in [-0.25, -0.2) is 0 Å². The highest BCUT2D eigenvalue weighted by atomic mass is 31.2. The summed E-state index contributed by atoms with van der Waals surface area (Å²) < 4.78 is 22.5. The largest absolute Gasteiger partial charge is 0.481 e. The second kappa shape index (κ2) is 15.4.